The van der Waals surface area contributed by atoms with Crippen molar-refractivity contribution in [3.63, 3.8) is 0 Å². The van der Waals surface area contributed by atoms with E-state index in [0.717, 1.165) is 0 Å². The van der Waals surface area contributed by atoms with Crippen LogP contribution in [0.3, 0.4) is 0 Å². The van der Waals surface area contributed by atoms with Gasteiger partial charge in [-0.1, -0.05) is 0 Å². The molecule has 5 heteroatoms. The van der Waals surface area contributed by atoms with E-state index in [1.165, 1.54) is 7.05 Å². The van der Waals surface area contributed by atoms with Crippen molar-refractivity contribution in [3.8, 4) is 0 Å². The maximum absolute atomic E-state index is 11.0. The Morgan fingerprint density at radius 1 is 1.33 bits per heavy atom. The van der Waals surface area contributed by atoms with Crippen LogP contribution in [-0.2, 0) is 16.6 Å². The number of aromatic nitrogens is 1. The molecule has 0 saturated heterocycles. The summed E-state index contributed by atoms with van der Waals surface area (Å²) in [4.78, 5) is 0. The monoisotopic (exact) mass is 188 g/mol. The summed E-state index contributed by atoms with van der Waals surface area (Å²) in [5, 5.41) is 0. The zero-order valence-corrected chi connectivity index (χ0v) is 7.71. The van der Waals surface area contributed by atoms with Crippen molar-refractivity contribution in [2.75, 3.05) is 12.8 Å². The SMILES string of the molecule is CNS(=O)(=O)CCn1cccc1. The molecule has 0 aliphatic rings. The standard InChI is InChI=1S/C7H12N2O2S/c1-8-12(10,11)7-6-9-4-2-3-5-9/h2-5,8H,6-7H2,1H3. The van der Waals surface area contributed by atoms with Gasteiger partial charge in [0.1, 0.15) is 0 Å². The number of rotatable bonds is 4. The first kappa shape index (κ1) is 9.28. The Kier molecular flexibility index (Phi) is 2.88. The van der Waals surface area contributed by atoms with E-state index in [0.29, 0.717) is 6.54 Å². The largest absolute Gasteiger partial charge is 0.353 e. The first-order chi connectivity index (χ1) is 5.64. The van der Waals surface area contributed by atoms with Gasteiger partial charge in [-0.2, -0.15) is 0 Å². The fraction of sp³-hybridized carbons (Fsp3) is 0.429. The summed E-state index contributed by atoms with van der Waals surface area (Å²) < 4.78 is 26.0. The number of hydrogen-bond donors (Lipinski definition) is 1. The second-order valence-corrected chi connectivity index (χ2v) is 4.49. The fourth-order valence-electron chi connectivity index (χ4n) is 0.847. The van der Waals surface area contributed by atoms with Gasteiger partial charge in [-0.05, 0) is 19.2 Å². The quantitative estimate of drug-likeness (QED) is 0.725. The minimum atomic E-state index is -3.07. The van der Waals surface area contributed by atoms with Crippen LogP contribution in [0.15, 0.2) is 24.5 Å². The molecule has 1 heterocycles. The van der Waals surface area contributed by atoms with Crippen LogP contribution in [0.1, 0.15) is 0 Å². The predicted molar refractivity (Wildman–Crippen MR) is 47.3 cm³/mol. The molecule has 0 spiro atoms. The van der Waals surface area contributed by atoms with Crippen LogP contribution in [0.2, 0.25) is 0 Å². The van der Waals surface area contributed by atoms with Gasteiger partial charge in [0.15, 0.2) is 0 Å². The van der Waals surface area contributed by atoms with Crippen LogP contribution in [0.5, 0.6) is 0 Å². The summed E-state index contributed by atoms with van der Waals surface area (Å²) in [7, 11) is -1.64. The van der Waals surface area contributed by atoms with E-state index in [2.05, 4.69) is 4.72 Å². The summed E-state index contributed by atoms with van der Waals surface area (Å²) in [6.45, 7) is 0.496. The molecule has 4 nitrogen and oxygen atoms in total. The van der Waals surface area contributed by atoms with E-state index >= 15 is 0 Å². The van der Waals surface area contributed by atoms with Crippen molar-refractivity contribution in [3.05, 3.63) is 24.5 Å². The molecule has 1 rings (SSSR count). The highest BCUT2D eigenvalue weighted by Gasteiger charge is 2.05. The Balaban J connectivity index is 2.47. The molecule has 12 heavy (non-hydrogen) atoms. The van der Waals surface area contributed by atoms with E-state index in [1.807, 2.05) is 29.1 Å². The molecule has 0 atom stereocenters. The van der Waals surface area contributed by atoms with Crippen LogP contribution >= 0.6 is 0 Å². The molecule has 0 saturated carbocycles. The molecule has 0 unspecified atom stereocenters. The minimum absolute atomic E-state index is 0.123. The second kappa shape index (κ2) is 3.73. The summed E-state index contributed by atoms with van der Waals surface area (Å²) in [6.07, 6.45) is 3.68. The van der Waals surface area contributed by atoms with Crippen LogP contribution < -0.4 is 4.72 Å². The Morgan fingerprint density at radius 3 is 2.42 bits per heavy atom. The molecule has 0 aromatic carbocycles. The summed E-state index contributed by atoms with van der Waals surface area (Å²) >= 11 is 0. The van der Waals surface area contributed by atoms with Crippen molar-refractivity contribution < 1.29 is 8.42 Å². The third-order valence-electron chi connectivity index (χ3n) is 1.60. The molecular weight excluding hydrogens is 176 g/mol. The minimum Gasteiger partial charge on any atom is -0.353 e. The highest BCUT2D eigenvalue weighted by molar-refractivity contribution is 7.89. The average Bonchev–Trinajstić information content (AvgIpc) is 2.53. The number of aryl methyl sites for hydroxylation is 1. The zero-order valence-electron chi connectivity index (χ0n) is 6.90. The van der Waals surface area contributed by atoms with Crippen LogP contribution in [0.25, 0.3) is 0 Å². The van der Waals surface area contributed by atoms with Crippen LogP contribution in [0, 0.1) is 0 Å². The smallest absolute Gasteiger partial charge is 0.213 e. The van der Waals surface area contributed by atoms with Crippen LogP contribution in [-0.4, -0.2) is 25.8 Å². The van der Waals surface area contributed by atoms with Gasteiger partial charge in [0.25, 0.3) is 0 Å². The molecule has 1 aromatic heterocycles. The molecule has 68 valence electrons. The van der Waals surface area contributed by atoms with Gasteiger partial charge in [-0.3, -0.25) is 0 Å². The number of nitrogens with one attached hydrogen (secondary N) is 1. The maximum Gasteiger partial charge on any atom is 0.213 e. The molecule has 0 bridgehead atoms. The van der Waals surface area contributed by atoms with Gasteiger partial charge in [0, 0.05) is 18.9 Å². The van der Waals surface area contributed by atoms with Crippen LogP contribution in [0.4, 0.5) is 0 Å². The van der Waals surface area contributed by atoms with Crippen molar-refractivity contribution in [2.24, 2.45) is 0 Å². The highest BCUT2D eigenvalue weighted by atomic mass is 32.2. The lowest BCUT2D eigenvalue weighted by atomic mass is 10.7. The second-order valence-electron chi connectivity index (χ2n) is 2.44. The number of nitrogens with zero attached hydrogens (tertiary/aromatic N) is 1. The van der Waals surface area contributed by atoms with E-state index in [9.17, 15) is 8.42 Å². The van der Waals surface area contributed by atoms with Gasteiger partial charge < -0.3 is 4.57 Å². The molecule has 1 N–H and O–H groups in total. The Labute approximate surface area is 72.3 Å². The number of sulfonamides is 1. The third-order valence-corrected chi connectivity index (χ3v) is 2.94. The van der Waals surface area contributed by atoms with E-state index in [1.54, 1.807) is 0 Å². The fourth-order valence-corrected chi connectivity index (χ4v) is 1.50. The summed E-state index contributed by atoms with van der Waals surface area (Å²) in [5.41, 5.74) is 0. The lowest BCUT2D eigenvalue weighted by Gasteiger charge is -2.02. The Hall–Kier alpha value is -0.810. The van der Waals surface area contributed by atoms with Crippen molar-refractivity contribution in [1.29, 1.82) is 0 Å². The maximum atomic E-state index is 11.0. The first-order valence-electron chi connectivity index (χ1n) is 3.66. The van der Waals surface area contributed by atoms with Gasteiger partial charge in [-0.15, -0.1) is 0 Å². The molecule has 0 aliphatic carbocycles. The van der Waals surface area contributed by atoms with Crippen molar-refractivity contribution in [1.82, 2.24) is 9.29 Å². The summed E-state index contributed by atoms with van der Waals surface area (Å²) in [6, 6.07) is 3.73. The topological polar surface area (TPSA) is 51.1 Å². The van der Waals surface area contributed by atoms with Gasteiger partial charge >= 0.3 is 0 Å². The molecular formula is C7H12N2O2S. The molecule has 0 radical (unpaired) electrons. The van der Waals surface area contributed by atoms with Crippen molar-refractivity contribution in [2.45, 2.75) is 6.54 Å². The highest BCUT2D eigenvalue weighted by Crippen LogP contribution is 1.92. The number of hydrogen-bond acceptors (Lipinski definition) is 2. The van der Waals surface area contributed by atoms with E-state index in [-0.39, 0.29) is 5.75 Å². The Morgan fingerprint density at radius 2 is 1.92 bits per heavy atom. The third kappa shape index (κ3) is 2.67. The van der Waals surface area contributed by atoms with E-state index < -0.39 is 10.0 Å². The van der Waals surface area contributed by atoms with Crippen molar-refractivity contribution >= 4 is 10.0 Å². The molecule has 0 aliphatic heterocycles. The van der Waals surface area contributed by atoms with Gasteiger partial charge in [-0.25, -0.2) is 13.1 Å². The Bertz CT molecular complexity index is 315. The van der Waals surface area contributed by atoms with Gasteiger partial charge in [0.05, 0.1) is 5.75 Å². The lowest BCUT2D eigenvalue weighted by molar-refractivity contribution is 0.581. The summed E-state index contributed by atoms with van der Waals surface area (Å²) in [5.74, 6) is 0.123. The first-order valence-corrected chi connectivity index (χ1v) is 5.31. The van der Waals surface area contributed by atoms with E-state index in [4.69, 9.17) is 0 Å². The lowest BCUT2D eigenvalue weighted by Crippen LogP contribution is -2.24. The normalized spacial score (nSPS) is 11.8. The molecule has 1 aromatic rings. The van der Waals surface area contributed by atoms with Gasteiger partial charge in [0.2, 0.25) is 10.0 Å². The average molecular weight is 188 g/mol. The zero-order chi connectivity index (χ0) is 9.03. The predicted octanol–water partition coefficient (Wildman–Crippen LogP) is 0.0373. The molecule has 0 fully saturated rings. The molecule has 0 amide bonds.